The monoisotopic (exact) mass is 281 g/mol. The van der Waals surface area contributed by atoms with Gasteiger partial charge < -0.3 is 10.0 Å². The van der Waals surface area contributed by atoms with Crippen LogP contribution in [0.1, 0.15) is 44.8 Å². The van der Waals surface area contributed by atoms with Gasteiger partial charge >= 0.3 is 0 Å². The second-order valence-electron chi connectivity index (χ2n) is 5.72. The van der Waals surface area contributed by atoms with E-state index in [9.17, 15) is 5.11 Å². The molecule has 1 aromatic carbocycles. The van der Waals surface area contributed by atoms with E-state index in [1.54, 1.807) is 0 Å². The molecule has 19 heavy (non-hydrogen) atoms. The van der Waals surface area contributed by atoms with E-state index in [-0.39, 0.29) is 0 Å². The summed E-state index contributed by atoms with van der Waals surface area (Å²) in [6.07, 6.45) is 2.89. The molecule has 1 aromatic rings. The molecule has 106 valence electrons. The Labute approximate surface area is 121 Å². The van der Waals surface area contributed by atoms with Crippen molar-refractivity contribution in [2.75, 3.05) is 13.1 Å². The maximum absolute atomic E-state index is 10.3. The van der Waals surface area contributed by atoms with Crippen molar-refractivity contribution >= 4 is 11.6 Å². The lowest BCUT2D eigenvalue weighted by atomic mass is 9.91. The first-order valence-electron chi connectivity index (χ1n) is 7.26. The fourth-order valence-corrected chi connectivity index (χ4v) is 3.19. The van der Waals surface area contributed by atoms with Gasteiger partial charge in [0, 0.05) is 17.6 Å². The third kappa shape index (κ3) is 3.71. The minimum atomic E-state index is -0.460. The van der Waals surface area contributed by atoms with Crippen LogP contribution in [-0.4, -0.2) is 29.1 Å². The quantitative estimate of drug-likeness (QED) is 0.905. The van der Waals surface area contributed by atoms with Gasteiger partial charge in [-0.1, -0.05) is 36.7 Å². The Bertz CT molecular complexity index is 409. The number of hydrogen-bond acceptors (Lipinski definition) is 2. The summed E-state index contributed by atoms with van der Waals surface area (Å²) in [6.45, 7) is 6.71. The van der Waals surface area contributed by atoms with E-state index in [1.165, 1.54) is 12.8 Å². The van der Waals surface area contributed by atoms with Gasteiger partial charge in [-0.2, -0.15) is 0 Å². The molecule has 3 unspecified atom stereocenters. The Morgan fingerprint density at radius 1 is 1.37 bits per heavy atom. The topological polar surface area (TPSA) is 23.5 Å². The predicted molar refractivity (Wildman–Crippen MR) is 80.5 cm³/mol. The summed E-state index contributed by atoms with van der Waals surface area (Å²) in [5.74, 6) is 0.756. The first kappa shape index (κ1) is 14.8. The maximum atomic E-state index is 10.3. The molecular formula is C16H24ClNO. The van der Waals surface area contributed by atoms with Crippen LogP contribution in [-0.2, 0) is 0 Å². The van der Waals surface area contributed by atoms with Crippen molar-refractivity contribution in [2.45, 2.75) is 45.3 Å². The Morgan fingerprint density at radius 2 is 2.11 bits per heavy atom. The van der Waals surface area contributed by atoms with E-state index in [2.05, 4.69) is 18.7 Å². The van der Waals surface area contributed by atoms with Crippen LogP contribution in [0.2, 0.25) is 5.02 Å². The van der Waals surface area contributed by atoms with E-state index in [1.807, 2.05) is 24.3 Å². The summed E-state index contributed by atoms with van der Waals surface area (Å²) in [4.78, 5) is 2.49. The van der Waals surface area contributed by atoms with Crippen molar-refractivity contribution in [2.24, 2.45) is 5.92 Å². The Hall–Kier alpha value is -0.570. The van der Waals surface area contributed by atoms with E-state index in [0.29, 0.717) is 11.1 Å². The highest BCUT2D eigenvalue weighted by Gasteiger charge is 2.25. The van der Waals surface area contributed by atoms with Gasteiger partial charge in [0.2, 0.25) is 0 Å². The number of hydrogen-bond donors (Lipinski definition) is 1. The fourth-order valence-electron chi connectivity index (χ4n) is 2.93. The average molecular weight is 282 g/mol. The van der Waals surface area contributed by atoms with Gasteiger partial charge in [-0.15, -0.1) is 0 Å². The number of nitrogens with zero attached hydrogens (tertiary/aromatic N) is 1. The lowest BCUT2D eigenvalue weighted by molar-refractivity contribution is 0.0840. The van der Waals surface area contributed by atoms with Crippen LogP contribution >= 0.6 is 11.6 Å². The summed E-state index contributed by atoms with van der Waals surface area (Å²) >= 11 is 6.12. The molecule has 0 radical (unpaired) electrons. The van der Waals surface area contributed by atoms with Crippen LogP contribution in [0.4, 0.5) is 0 Å². The molecule has 2 rings (SSSR count). The molecule has 1 saturated heterocycles. The van der Waals surface area contributed by atoms with E-state index < -0.39 is 6.10 Å². The highest BCUT2D eigenvalue weighted by Crippen LogP contribution is 2.27. The molecule has 1 N–H and O–H groups in total. The average Bonchev–Trinajstić information content (AvgIpc) is 2.40. The molecule has 0 aromatic heterocycles. The third-order valence-corrected chi connectivity index (χ3v) is 4.80. The molecule has 0 aliphatic carbocycles. The van der Waals surface area contributed by atoms with Crippen LogP contribution in [0.25, 0.3) is 0 Å². The molecule has 0 spiro atoms. The Balaban J connectivity index is 1.90. The smallest absolute Gasteiger partial charge is 0.0816 e. The fraction of sp³-hybridized carbons (Fsp3) is 0.625. The van der Waals surface area contributed by atoms with Gasteiger partial charge in [-0.25, -0.2) is 0 Å². The molecule has 3 atom stereocenters. The second-order valence-corrected chi connectivity index (χ2v) is 6.13. The number of aliphatic hydroxyl groups is 1. The predicted octanol–water partition coefficient (Wildman–Crippen LogP) is 3.88. The van der Waals surface area contributed by atoms with Crippen LogP contribution in [0.5, 0.6) is 0 Å². The number of benzene rings is 1. The number of piperidine rings is 1. The van der Waals surface area contributed by atoms with E-state index in [0.717, 1.165) is 31.0 Å². The third-order valence-electron chi connectivity index (χ3n) is 4.46. The molecule has 1 heterocycles. The zero-order valence-electron chi connectivity index (χ0n) is 11.8. The normalized spacial score (nSPS) is 26.3. The first-order valence-corrected chi connectivity index (χ1v) is 7.64. The van der Waals surface area contributed by atoms with Crippen molar-refractivity contribution < 1.29 is 5.11 Å². The zero-order valence-corrected chi connectivity index (χ0v) is 12.6. The highest BCUT2D eigenvalue weighted by molar-refractivity contribution is 6.31. The Morgan fingerprint density at radius 3 is 2.84 bits per heavy atom. The summed E-state index contributed by atoms with van der Waals surface area (Å²) in [7, 11) is 0. The summed E-state index contributed by atoms with van der Waals surface area (Å²) < 4.78 is 0. The standard InChI is InChI=1S/C16H24ClNO/c1-12-6-5-10-18(13(12)2)11-9-16(19)14-7-3-4-8-15(14)17/h3-4,7-8,12-13,16,19H,5-6,9-11H2,1-2H3. The van der Waals surface area contributed by atoms with Gasteiger partial charge in [0.05, 0.1) is 6.10 Å². The van der Waals surface area contributed by atoms with E-state index in [4.69, 9.17) is 11.6 Å². The first-order chi connectivity index (χ1) is 9.09. The van der Waals surface area contributed by atoms with E-state index >= 15 is 0 Å². The molecule has 0 amide bonds. The number of rotatable bonds is 4. The van der Waals surface area contributed by atoms with Gasteiger partial charge in [0.15, 0.2) is 0 Å². The molecule has 3 heteroatoms. The van der Waals surface area contributed by atoms with Crippen LogP contribution in [0.15, 0.2) is 24.3 Å². The van der Waals surface area contributed by atoms with Gasteiger partial charge in [-0.3, -0.25) is 0 Å². The van der Waals surface area contributed by atoms with Gasteiger partial charge in [-0.05, 0) is 50.3 Å². The molecule has 1 aliphatic rings. The van der Waals surface area contributed by atoms with Gasteiger partial charge in [0.25, 0.3) is 0 Å². The highest BCUT2D eigenvalue weighted by atomic mass is 35.5. The van der Waals surface area contributed by atoms with Gasteiger partial charge in [0.1, 0.15) is 0 Å². The Kier molecular flexibility index (Phi) is 5.26. The van der Waals surface area contributed by atoms with Crippen molar-refractivity contribution in [3.05, 3.63) is 34.9 Å². The summed E-state index contributed by atoms with van der Waals surface area (Å²) in [5, 5.41) is 10.9. The lowest BCUT2D eigenvalue weighted by Gasteiger charge is -2.38. The maximum Gasteiger partial charge on any atom is 0.0816 e. The minimum Gasteiger partial charge on any atom is -0.388 e. The van der Waals surface area contributed by atoms with Crippen molar-refractivity contribution in [3.63, 3.8) is 0 Å². The molecule has 0 bridgehead atoms. The lowest BCUT2D eigenvalue weighted by Crippen LogP contribution is -2.43. The summed E-state index contributed by atoms with van der Waals surface area (Å²) in [6, 6.07) is 8.19. The molecule has 2 nitrogen and oxygen atoms in total. The molecule has 0 saturated carbocycles. The van der Waals surface area contributed by atoms with Crippen LogP contribution in [0, 0.1) is 5.92 Å². The molecular weight excluding hydrogens is 258 g/mol. The van der Waals surface area contributed by atoms with Crippen molar-refractivity contribution in [1.29, 1.82) is 0 Å². The van der Waals surface area contributed by atoms with Crippen LogP contribution < -0.4 is 0 Å². The van der Waals surface area contributed by atoms with Crippen molar-refractivity contribution in [1.82, 2.24) is 4.90 Å². The number of halogens is 1. The summed E-state index contributed by atoms with van der Waals surface area (Å²) in [5.41, 5.74) is 0.849. The zero-order chi connectivity index (χ0) is 13.8. The van der Waals surface area contributed by atoms with Crippen molar-refractivity contribution in [3.8, 4) is 0 Å². The molecule has 1 fully saturated rings. The largest absolute Gasteiger partial charge is 0.388 e. The second kappa shape index (κ2) is 6.74. The molecule has 1 aliphatic heterocycles. The SMILES string of the molecule is CC1CCCN(CCC(O)c2ccccc2Cl)C1C. The number of likely N-dealkylation sites (tertiary alicyclic amines) is 1. The minimum absolute atomic E-state index is 0.460. The van der Waals surface area contributed by atoms with Crippen LogP contribution in [0.3, 0.4) is 0 Å². The number of aliphatic hydroxyl groups excluding tert-OH is 1.